The molecule has 0 saturated carbocycles. The van der Waals surface area contributed by atoms with E-state index in [0.29, 0.717) is 25.2 Å². The summed E-state index contributed by atoms with van der Waals surface area (Å²) in [6.07, 6.45) is 0. The molecule has 0 spiro atoms. The number of carbonyl (C=O) groups excluding carboxylic acids is 3. The molecule has 1 aliphatic heterocycles. The molecule has 23 heavy (non-hydrogen) atoms. The van der Waals surface area contributed by atoms with E-state index in [1.54, 1.807) is 35.2 Å². The van der Waals surface area contributed by atoms with Crippen molar-refractivity contribution in [3.8, 4) is 0 Å². The third kappa shape index (κ3) is 4.68. The van der Waals surface area contributed by atoms with Crippen molar-refractivity contribution in [2.24, 2.45) is 0 Å². The van der Waals surface area contributed by atoms with Crippen LogP contribution in [0.3, 0.4) is 0 Å². The van der Waals surface area contributed by atoms with E-state index in [-0.39, 0.29) is 12.6 Å². The van der Waals surface area contributed by atoms with Crippen LogP contribution in [0, 0.1) is 0 Å². The summed E-state index contributed by atoms with van der Waals surface area (Å²) in [5.41, 5.74) is 0.589. The Kier molecular flexibility index (Phi) is 5.93. The van der Waals surface area contributed by atoms with Gasteiger partial charge < -0.3 is 20.9 Å². The first kappa shape index (κ1) is 16.8. The predicted octanol–water partition coefficient (Wildman–Crippen LogP) is -0.584. The summed E-state index contributed by atoms with van der Waals surface area (Å²) in [5, 5.41) is 18.4. The largest absolute Gasteiger partial charge is 0.352 e. The van der Waals surface area contributed by atoms with E-state index < -0.39 is 24.5 Å². The number of urea groups is 1. The Morgan fingerprint density at radius 3 is 2.61 bits per heavy atom. The van der Waals surface area contributed by atoms with Gasteiger partial charge in [-0.3, -0.25) is 9.59 Å². The molecular formula is C15H19N4O4. The summed E-state index contributed by atoms with van der Waals surface area (Å²) in [5.74, 6) is -1.16. The lowest BCUT2D eigenvalue weighted by molar-refractivity contribution is -0.131. The van der Waals surface area contributed by atoms with Crippen LogP contribution in [0.15, 0.2) is 30.3 Å². The summed E-state index contributed by atoms with van der Waals surface area (Å²) in [4.78, 5) is 36.7. The van der Waals surface area contributed by atoms with E-state index in [4.69, 9.17) is 0 Å². The highest BCUT2D eigenvalue weighted by Gasteiger charge is 2.23. The number of rotatable bonds is 7. The molecule has 1 aromatic rings. The summed E-state index contributed by atoms with van der Waals surface area (Å²) in [7, 11) is 0. The van der Waals surface area contributed by atoms with Gasteiger partial charge in [0, 0.05) is 26.2 Å². The Labute approximate surface area is 133 Å². The van der Waals surface area contributed by atoms with Gasteiger partial charge in [-0.1, -0.05) is 30.3 Å². The number of hydrogen-bond acceptors (Lipinski definition) is 3. The van der Waals surface area contributed by atoms with Crippen molar-refractivity contribution in [3.63, 3.8) is 0 Å². The Bertz CT molecular complexity index is 564. The average Bonchev–Trinajstić information content (AvgIpc) is 2.98. The Morgan fingerprint density at radius 1 is 1.26 bits per heavy atom. The maximum absolute atomic E-state index is 12.3. The first-order valence-electron chi connectivity index (χ1n) is 7.34. The zero-order valence-corrected chi connectivity index (χ0v) is 12.6. The molecular weight excluding hydrogens is 300 g/mol. The smallest absolute Gasteiger partial charge is 0.317 e. The van der Waals surface area contributed by atoms with E-state index in [9.17, 15) is 19.5 Å². The molecule has 0 aliphatic carbocycles. The zero-order chi connectivity index (χ0) is 16.7. The molecule has 4 amide bonds. The molecule has 1 saturated heterocycles. The lowest BCUT2D eigenvalue weighted by atomic mass is 10.1. The van der Waals surface area contributed by atoms with Crippen molar-refractivity contribution in [2.45, 2.75) is 6.04 Å². The lowest BCUT2D eigenvalue weighted by Crippen LogP contribution is -2.44. The molecule has 2 rings (SSSR count). The minimum absolute atomic E-state index is 0.154. The highest BCUT2D eigenvalue weighted by atomic mass is 16.3. The highest BCUT2D eigenvalue weighted by molar-refractivity contribution is 5.89. The first-order chi connectivity index (χ1) is 11.1. The molecule has 0 unspecified atom stereocenters. The molecule has 0 aromatic heterocycles. The van der Waals surface area contributed by atoms with Crippen molar-refractivity contribution >= 4 is 17.8 Å². The lowest BCUT2D eigenvalue weighted by Gasteiger charge is -2.19. The third-order valence-electron chi connectivity index (χ3n) is 3.46. The Morgan fingerprint density at radius 2 is 2.00 bits per heavy atom. The van der Waals surface area contributed by atoms with E-state index in [0.717, 1.165) is 0 Å². The number of carbonyl (C=O) groups is 3. The van der Waals surface area contributed by atoms with Crippen molar-refractivity contribution in [1.82, 2.24) is 20.9 Å². The normalized spacial score (nSPS) is 15.0. The minimum atomic E-state index is -0.940. The Balaban J connectivity index is 1.93. The van der Waals surface area contributed by atoms with E-state index >= 15 is 0 Å². The molecule has 1 aromatic carbocycles. The van der Waals surface area contributed by atoms with E-state index in [1.165, 1.54) is 0 Å². The van der Waals surface area contributed by atoms with Crippen LogP contribution in [0.4, 0.5) is 4.79 Å². The quantitative estimate of drug-likeness (QED) is 0.625. The van der Waals surface area contributed by atoms with Crippen LogP contribution in [0.2, 0.25) is 0 Å². The molecule has 0 bridgehead atoms. The van der Waals surface area contributed by atoms with Gasteiger partial charge in [-0.05, 0) is 5.56 Å². The van der Waals surface area contributed by atoms with Crippen molar-refractivity contribution in [3.05, 3.63) is 35.9 Å². The second-order valence-electron chi connectivity index (χ2n) is 5.07. The molecule has 1 radical (unpaired) electrons. The van der Waals surface area contributed by atoms with Crippen LogP contribution in [-0.4, -0.2) is 55.5 Å². The maximum Gasteiger partial charge on any atom is 0.317 e. The standard InChI is InChI=1S/C15H19N4O4/c20-10-12(21)18-13(11-4-2-1-3-5-11)14(22)16-6-8-19-9-7-17-15(19)23/h1-5,13H,6-10H2,(H,16,22)(H,17,23)(H,18,21)/t13-/m1/s1. The predicted molar refractivity (Wildman–Crippen MR) is 80.9 cm³/mol. The summed E-state index contributed by atoms with van der Waals surface area (Å²) < 4.78 is 0. The van der Waals surface area contributed by atoms with Crippen molar-refractivity contribution in [1.29, 1.82) is 0 Å². The molecule has 1 heterocycles. The first-order valence-corrected chi connectivity index (χ1v) is 7.34. The van der Waals surface area contributed by atoms with Gasteiger partial charge in [0.25, 0.3) is 0 Å². The van der Waals surface area contributed by atoms with Crippen LogP contribution >= 0.6 is 0 Å². The van der Waals surface area contributed by atoms with Gasteiger partial charge in [0.2, 0.25) is 11.8 Å². The molecule has 8 heteroatoms. The van der Waals surface area contributed by atoms with Crippen LogP contribution < -0.4 is 16.0 Å². The highest BCUT2D eigenvalue weighted by Crippen LogP contribution is 2.12. The number of nitrogens with one attached hydrogen (secondary N) is 3. The number of hydrogen-bond donors (Lipinski definition) is 3. The van der Waals surface area contributed by atoms with Gasteiger partial charge in [0.05, 0.1) is 0 Å². The van der Waals surface area contributed by atoms with Crippen LogP contribution in [0.5, 0.6) is 0 Å². The number of benzene rings is 1. The summed E-state index contributed by atoms with van der Waals surface area (Å²) >= 11 is 0. The van der Waals surface area contributed by atoms with Crippen LogP contribution in [0.25, 0.3) is 0 Å². The maximum atomic E-state index is 12.3. The van der Waals surface area contributed by atoms with Crippen molar-refractivity contribution < 1.29 is 19.5 Å². The molecule has 3 N–H and O–H groups in total. The fourth-order valence-corrected chi connectivity index (χ4v) is 2.29. The molecule has 8 nitrogen and oxygen atoms in total. The monoisotopic (exact) mass is 319 g/mol. The minimum Gasteiger partial charge on any atom is -0.352 e. The molecule has 123 valence electrons. The fraction of sp³-hybridized carbons (Fsp3) is 0.400. The molecule has 1 atom stereocenters. The van der Waals surface area contributed by atoms with E-state index in [1.807, 2.05) is 0 Å². The zero-order valence-electron chi connectivity index (χ0n) is 12.6. The third-order valence-corrected chi connectivity index (χ3v) is 3.46. The second-order valence-corrected chi connectivity index (χ2v) is 5.07. The van der Waals surface area contributed by atoms with Gasteiger partial charge in [-0.25, -0.2) is 9.90 Å². The van der Waals surface area contributed by atoms with Gasteiger partial charge in [0.1, 0.15) is 6.04 Å². The average molecular weight is 319 g/mol. The van der Waals surface area contributed by atoms with Gasteiger partial charge in [-0.15, -0.1) is 0 Å². The summed E-state index contributed by atoms with van der Waals surface area (Å²) in [6.45, 7) is 0.907. The van der Waals surface area contributed by atoms with Gasteiger partial charge >= 0.3 is 6.03 Å². The van der Waals surface area contributed by atoms with Crippen LogP contribution in [0.1, 0.15) is 11.6 Å². The summed E-state index contributed by atoms with van der Waals surface area (Å²) in [6, 6.07) is 7.59. The van der Waals surface area contributed by atoms with Crippen LogP contribution in [-0.2, 0) is 14.7 Å². The number of nitrogens with zero attached hydrogens (tertiary/aromatic N) is 1. The Hall–Kier alpha value is -2.61. The molecule has 1 fully saturated rings. The van der Waals surface area contributed by atoms with Gasteiger partial charge in [0.15, 0.2) is 6.61 Å². The second kappa shape index (κ2) is 8.14. The molecule has 1 aliphatic rings. The fourth-order valence-electron chi connectivity index (χ4n) is 2.29. The topological polar surface area (TPSA) is 110 Å². The van der Waals surface area contributed by atoms with E-state index in [2.05, 4.69) is 16.0 Å². The number of amides is 4. The SMILES string of the molecule is [O]CC(=O)N[C@@H](C(=O)NCCN1CCNC1=O)c1ccccc1. The van der Waals surface area contributed by atoms with Gasteiger partial charge in [-0.2, -0.15) is 0 Å². The van der Waals surface area contributed by atoms with Crippen molar-refractivity contribution in [2.75, 3.05) is 32.8 Å².